The van der Waals surface area contributed by atoms with Gasteiger partial charge in [0.25, 0.3) is 5.91 Å². The Morgan fingerprint density at radius 1 is 1.43 bits per heavy atom. The number of hydrogen-bond donors (Lipinski definition) is 3. The summed E-state index contributed by atoms with van der Waals surface area (Å²) in [5, 5.41) is 18.3. The van der Waals surface area contributed by atoms with Gasteiger partial charge in [0, 0.05) is 36.3 Å². The zero-order chi connectivity index (χ0) is 21.1. The van der Waals surface area contributed by atoms with Gasteiger partial charge in [-0.25, -0.2) is 9.37 Å². The molecule has 30 heavy (non-hydrogen) atoms. The molecule has 1 saturated heterocycles. The molecule has 1 aromatic carbocycles. The molecule has 8 nitrogen and oxygen atoms in total. The van der Waals surface area contributed by atoms with Crippen molar-refractivity contribution in [3.05, 3.63) is 47.5 Å². The molecule has 4 rings (SSSR count). The molecule has 0 radical (unpaired) electrons. The maximum atomic E-state index is 14.6. The molecule has 0 bridgehead atoms. The topological polar surface area (TPSA) is 109 Å². The van der Waals surface area contributed by atoms with Crippen LogP contribution < -0.4 is 16.0 Å². The van der Waals surface area contributed by atoms with E-state index in [2.05, 4.69) is 15.4 Å². The maximum absolute atomic E-state index is 14.6. The van der Waals surface area contributed by atoms with Crippen molar-refractivity contribution in [3.8, 4) is 10.6 Å². The number of rotatable bonds is 6. The highest BCUT2D eigenvalue weighted by Crippen LogP contribution is 2.32. The Kier molecular flexibility index (Phi) is 6.07. The van der Waals surface area contributed by atoms with Gasteiger partial charge in [0.1, 0.15) is 16.5 Å². The summed E-state index contributed by atoms with van der Waals surface area (Å²) in [4.78, 5) is 19.1. The summed E-state index contributed by atoms with van der Waals surface area (Å²) < 4.78 is 16.2. The van der Waals surface area contributed by atoms with Crippen molar-refractivity contribution in [2.24, 2.45) is 5.73 Å². The standard InChI is InChI=1S/C20H23FN6O2S/c21-15-4-1-5-16(18(15)26-6-2-3-14(22)11-26)24-19(29)17-12-30-20(25-17)13-9-23-27(10-13)7-8-28/h1,4-5,9-10,12,14,28H,2-3,6-8,11,22H2,(H,24,29). The number of aromatic nitrogens is 3. The number of para-hydroxylation sites is 1. The van der Waals surface area contributed by atoms with Gasteiger partial charge in [-0.2, -0.15) is 5.10 Å². The lowest BCUT2D eigenvalue weighted by molar-refractivity contribution is 0.102. The average molecular weight is 431 g/mol. The van der Waals surface area contributed by atoms with Crippen LogP contribution in [0.3, 0.4) is 0 Å². The van der Waals surface area contributed by atoms with Crippen LogP contribution in [0.5, 0.6) is 0 Å². The van der Waals surface area contributed by atoms with Gasteiger partial charge in [0.15, 0.2) is 0 Å². The van der Waals surface area contributed by atoms with E-state index in [1.165, 1.54) is 17.4 Å². The van der Waals surface area contributed by atoms with E-state index in [0.717, 1.165) is 18.4 Å². The highest BCUT2D eigenvalue weighted by Gasteiger charge is 2.23. The fourth-order valence-electron chi connectivity index (χ4n) is 3.55. The number of nitrogens with two attached hydrogens (primary N) is 1. The number of benzene rings is 1. The first-order valence-corrected chi connectivity index (χ1v) is 10.6. The zero-order valence-corrected chi connectivity index (χ0v) is 17.1. The molecule has 1 aliphatic heterocycles. The fourth-order valence-corrected chi connectivity index (χ4v) is 4.32. The summed E-state index contributed by atoms with van der Waals surface area (Å²) in [5.41, 5.74) is 7.83. The molecule has 4 N–H and O–H groups in total. The second kappa shape index (κ2) is 8.90. The molecule has 2 aromatic heterocycles. The van der Waals surface area contributed by atoms with Crippen LogP contribution in [0.1, 0.15) is 23.3 Å². The normalized spacial score (nSPS) is 16.6. The molecule has 0 saturated carbocycles. The van der Waals surface area contributed by atoms with Gasteiger partial charge < -0.3 is 21.1 Å². The monoisotopic (exact) mass is 430 g/mol. The van der Waals surface area contributed by atoms with Crippen LogP contribution in [-0.4, -0.2) is 51.5 Å². The van der Waals surface area contributed by atoms with Crippen LogP contribution in [-0.2, 0) is 6.54 Å². The molecule has 0 aliphatic carbocycles. The lowest BCUT2D eigenvalue weighted by Gasteiger charge is -2.34. The molecule has 1 unspecified atom stereocenters. The quantitative estimate of drug-likeness (QED) is 0.554. The second-order valence-electron chi connectivity index (χ2n) is 7.19. The Bertz CT molecular complexity index is 1040. The van der Waals surface area contributed by atoms with E-state index >= 15 is 0 Å². The third-order valence-electron chi connectivity index (χ3n) is 4.96. The van der Waals surface area contributed by atoms with Crippen LogP contribution in [0.15, 0.2) is 36.0 Å². The third kappa shape index (κ3) is 4.35. The Labute approximate surface area is 177 Å². The molecule has 1 aliphatic rings. The number of anilines is 2. The smallest absolute Gasteiger partial charge is 0.275 e. The van der Waals surface area contributed by atoms with E-state index in [9.17, 15) is 9.18 Å². The minimum absolute atomic E-state index is 0.00939. The first-order valence-electron chi connectivity index (χ1n) is 9.74. The SMILES string of the molecule is NC1CCCN(c2c(F)cccc2NC(=O)c2csc(-c3cnn(CCO)c3)n2)C1. The summed E-state index contributed by atoms with van der Waals surface area (Å²) in [6.45, 7) is 1.62. The largest absolute Gasteiger partial charge is 0.394 e. The van der Waals surface area contributed by atoms with Gasteiger partial charge in [-0.05, 0) is 25.0 Å². The predicted molar refractivity (Wildman–Crippen MR) is 114 cm³/mol. The number of carbonyl (C=O) groups excluding carboxylic acids is 1. The molecule has 10 heteroatoms. The van der Waals surface area contributed by atoms with Crippen molar-refractivity contribution in [1.82, 2.24) is 14.8 Å². The average Bonchev–Trinajstić information content (AvgIpc) is 3.38. The Hall–Kier alpha value is -2.82. The summed E-state index contributed by atoms with van der Waals surface area (Å²) in [6.07, 6.45) is 5.19. The van der Waals surface area contributed by atoms with Crippen molar-refractivity contribution < 1.29 is 14.3 Å². The first kappa shape index (κ1) is 20.5. The molecule has 0 spiro atoms. The lowest BCUT2D eigenvalue weighted by atomic mass is 10.1. The van der Waals surface area contributed by atoms with E-state index in [-0.39, 0.29) is 18.3 Å². The number of aliphatic hydroxyl groups excluding tert-OH is 1. The third-order valence-corrected chi connectivity index (χ3v) is 5.85. The number of thiazole rings is 1. The number of nitrogens with zero attached hydrogens (tertiary/aromatic N) is 4. The lowest BCUT2D eigenvalue weighted by Crippen LogP contribution is -2.43. The van der Waals surface area contributed by atoms with Crippen molar-refractivity contribution >= 4 is 28.6 Å². The number of aliphatic hydroxyl groups is 1. The highest BCUT2D eigenvalue weighted by molar-refractivity contribution is 7.13. The van der Waals surface area contributed by atoms with Gasteiger partial charge in [0.05, 0.1) is 30.7 Å². The van der Waals surface area contributed by atoms with Crippen molar-refractivity contribution in [3.63, 3.8) is 0 Å². The van der Waals surface area contributed by atoms with Crippen LogP contribution in [0, 0.1) is 5.82 Å². The van der Waals surface area contributed by atoms with Gasteiger partial charge in [-0.1, -0.05) is 6.07 Å². The summed E-state index contributed by atoms with van der Waals surface area (Å²) in [6, 6.07) is 4.62. The molecule has 1 atom stereocenters. The zero-order valence-electron chi connectivity index (χ0n) is 16.3. The Morgan fingerprint density at radius 2 is 2.30 bits per heavy atom. The maximum Gasteiger partial charge on any atom is 0.275 e. The molecule has 1 fully saturated rings. The van der Waals surface area contributed by atoms with E-state index in [1.807, 2.05) is 4.90 Å². The molecule has 3 heterocycles. The molecule has 158 valence electrons. The van der Waals surface area contributed by atoms with Crippen molar-refractivity contribution in [1.29, 1.82) is 0 Å². The van der Waals surface area contributed by atoms with Gasteiger partial charge in [-0.15, -0.1) is 11.3 Å². The number of nitrogens with one attached hydrogen (secondary N) is 1. The number of piperidine rings is 1. The van der Waals surface area contributed by atoms with E-state index in [4.69, 9.17) is 10.8 Å². The fraction of sp³-hybridized carbons (Fsp3) is 0.350. The number of amides is 1. The van der Waals surface area contributed by atoms with Gasteiger partial charge >= 0.3 is 0 Å². The van der Waals surface area contributed by atoms with Crippen molar-refractivity contribution in [2.75, 3.05) is 29.9 Å². The van der Waals surface area contributed by atoms with Crippen LogP contribution in [0.2, 0.25) is 0 Å². The van der Waals surface area contributed by atoms with Crippen LogP contribution in [0.25, 0.3) is 10.6 Å². The number of hydrogen-bond acceptors (Lipinski definition) is 7. The van der Waals surface area contributed by atoms with Crippen LogP contribution in [0.4, 0.5) is 15.8 Å². The summed E-state index contributed by atoms with van der Waals surface area (Å²) >= 11 is 1.32. The highest BCUT2D eigenvalue weighted by atomic mass is 32.1. The summed E-state index contributed by atoms with van der Waals surface area (Å²) in [5.74, 6) is -0.800. The van der Waals surface area contributed by atoms with E-state index in [0.29, 0.717) is 36.0 Å². The Balaban J connectivity index is 1.53. The van der Waals surface area contributed by atoms with Crippen LogP contribution >= 0.6 is 11.3 Å². The molecule has 1 amide bonds. The predicted octanol–water partition coefficient (Wildman–Crippen LogP) is 2.32. The molecular formula is C20H23FN6O2S. The first-order chi connectivity index (χ1) is 14.5. The summed E-state index contributed by atoms with van der Waals surface area (Å²) in [7, 11) is 0. The van der Waals surface area contributed by atoms with Crippen molar-refractivity contribution in [2.45, 2.75) is 25.4 Å². The second-order valence-corrected chi connectivity index (χ2v) is 8.05. The number of halogens is 1. The molecule has 3 aromatic rings. The van der Waals surface area contributed by atoms with Gasteiger partial charge in [0.2, 0.25) is 0 Å². The number of carbonyl (C=O) groups is 1. The van der Waals surface area contributed by atoms with Gasteiger partial charge in [-0.3, -0.25) is 9.48 Å². The van der Waals surface area contributed by atoms with E-state index < -0.39 is 11.7 Å². The Morgan fingerprint density at radius 3 is 3.10 bits per heavy atom. The minimum Gasteiger partial charge on any atom is -0.394 e. The van der Waals surface area contributed by atoms with E-state index in [1.54, 1.807) is 34.6 Å². The minimum atomic E-state index is -0.409. The molecular weight excluding hydrogens is 407 g/mol.